The van der Waals surface area contributed by atoms with Crippen molar-refractivity contribution in [1.82, 2.24) is 25.3 Å². The summed E-state index contributed by atoms with van der Waals surface area (Å²) in [5.41, 5.74) is 1.53. The van der Waals surface area contributed by atoms with Crippen LogP contribution in [0.4, 0.5) is 5.82 Å². The zero-order chi connectivity index (χ0) is 21.3. The molecule has 0 fully saturated rings. The van der Waals surface area contributed by atoms with E-state index >= 15 is 0 Å². The highest BCUT2D eigenvalue weighted by Crippen LogP contribution is 2.34. The summed E-state index contributed by atoms with van der Waals surface area (Å²) in [6, 6.07) is 4.81. The van der Waals surface area contributed by atoms with Crippen molar-refractivity contribution < 1.29 is 14.0 Å². The highest BCUT2D eigenvalue weighted by molar-refractivity contribution is 6.01. The number of likely N-dealkylation sites (N-methyl/N-ethyl adjacent to an activating group) is 1. The summed E-state index contributed by atoms with van der Waals surface area (Å²) in [6.45, 7) is 3.88. The van der Waals surface area contributed by atoms with Gasteiger partial charge >= 0.3 is 5.91 Å². The molecule has 2 amide bonds. The molecule has 4 heterocycles. The van der Waals surface area contributed by atoms with Crippen molar-refractivity contribution >= 4 is 17.6 Å². The van der Waals surface area contributed by atoms with Crippen LogP contribution in [0.25, 0.3) is 0 Å². The molecule has 1 aliphatic heterocycles. The molecule has 30 heavy (non-hydrogen) atoms. The lowest BCUT2D eigenvalue weighted by Gasteiger charge is -2.25. The van der Waals surface area contributed by atoms with Gasteiger partial charge in [-0.05, 0) is 18.1 Å². The van der Waals surface area contributed by atoms with Gasteiger partial charge in [0.05, 0.1) is 11.9 Å². The molecule has 0 spiro atoms. The van der Waals surface area contributed by atoms with Gasteiger partial charge in [0, 0.05) is 43.7 Å². The highest BCUT2D eigenvalue weighted by Gasteiger charge is 2.40. The van der Waals surface area contributed by atoms with Crippen LogP contribution >= 0.6 is 0 Å². The summed E-state index contributed by atoms with van der Waals surface area (Å²) < 4.78 is 5.60. The van der Waals surface area contributed by atoms with E-state index in [9.17, 15) is 9.59 Å². The zero-order valence-corrected chi connectivity index (χ0v) is 16.9. The van der Waals surface area contributed by atoms with Crippen LogP contribution in [0.15, 0.2) is 47.4 Å². The molecular formula is C21H22N6O3. The van der Waals surface area contributed by atoms with Crippen LogP contribution in [0.5, 0.6) is 0 Å². The van der Waals surface area contributed by atoms with Crippen LogP contribution in [0.2, 0.25) is 0 Å². The van der Waals surface area contributed by atoms with Gasteiger partial charge in [0.25, 0.3) is 11.8 Å². The fraction of sp³-hybridized carbons (Fsp3) is 0.333. The van der Waals surface area contributed by atoms with Crippen molar-refractivity contribution in [3.63, 3.8) is 0 Å². The Morgan fingerprint density at radius 3 is 2.70 bits per heavy atom. The first-order valence-electron chi connectivity index (χ1n) is 9.69. The molecule has 0 unspecified atom stereocenters. The van der Waals surface area contributed by atoms with Crippen LogP contribution in [0.3, 0.4) is 0 Å². The van der Waals surface area contributed by atoms with E-state index in [1.807, 2.05) is 32.0 Å². The summed E-state index contributed by atoms with van der Waals surface area (Å²) in [6.07, 6.45) is 6.77. The predicted octanol–water partition coefficient (Wildman–Crippen LogP) is 1.96. The smallest absolute Gasteiger partial charge is 0.307 e. The second-order valence-electron chi connectivity index (χ2n) is 7.39. The molecule has 3 aromatic heterocycles. The van der Waals surface area contributed by atoms with E-state index in [1.165, 1.54) is 11.1 Å². The van der Waals surface area contributed by atoms with E-state index in [-0.39, 0.29) is 23.6 Å². The predicted molar refractivity (Wildman–Crippen MR) is 108 cm³/mol. The van der Waals surface area contributed by atoms with Crippen LogP contribution in [-0.2, 0) is 11.2 Å². The number of rotatable bonds is 4. The summed E-state index contributed by atoms with van der Waals surface area (Å²) in [5.74, 6) is -0.156. The lowest BCUT2D eigenvalue weighted by atomic mass is 9.87. The average Bonchev–Trinajstić information content (AvgIpc) is 3.22. The summed E-state index contributed by atoms with van der Waals surface area (Å²) in [5, 5.41) is 2.79. The molecule has 154 valence electrons. The van der Waals surface area contributed by atoms with Crippen molar-refractivity contribution in [2.45, 2.75) is 32.2 Å². The maximum atomic E-state index is 13.1. The fourth-order valence-electron chi connectivity index (χ4n) is 3.57. The Morgan fingerprint density at radius 2 is 1.93 bits per heavy atom. The summed E-state index contributed by atoms with van der Waals surface area (Å²) >= 11 is 0. The van der Waals surface area contributed by atoms with Crippen LogP contribution in [0, 0.1) is 5.92 Å². The third-order valence-corrected chi connectivity index (χ3v) is 5.48. The zero-order valence-electron chi connectivity index (χ0n) is 16.9. The van der Waals surface area contributed by atoms with E-state index in [4.69, 9.17) is 4.42 Å². The minimum absolute atomic E-state index is 0.0859. The number of fused-ring (bicyclic) bond motifs is 1. The molecule has 0 saturated carbocycles. The van der Waals surface area contributed by atoms with Crippen LogP contribution < -0.4 is 10.2 Å². The van der Waals surface area contributed by atoms with Gasteiger partial charge in [-0.25, -0.2) is 9.97 Å². The molecule has 0 aliphatic carbocycles. The SMILES string of the molecule is C[C@@H]1[C@H](NC(=O)c2ncc(Cc3ccccn3)o2)C(=O)N(C)c2nccnc2[C@@H]1C. The minimum atomic E-state index is -0.764. The van der Waals surface area contributed by atoms with Gasteiger partial charge in [-0.3, -0.25) is 24.5 Å². The fourth-order valence-corrected chi connectivity index (χ4v) is 3.57. The molecule has 4 rings (SSSR count). The lowest BCUT2D eigenvalue weighted by molar-refractivity contribution is -0.121. The topological polar surface area (TPSA) is 114 Å². The third kappa shape index (κ3) is 3.66. The second-order valence-corrected chi connectivity index (χ2v) is 7.39. The van der Waals surface area contributed by atoms with E-state index in [2.05, 4.69) is 25.3 Å². The van der Waals surface area contributed by atoms with Gasteiger partial charge in [-0.2, -0.15) is 0 Å². The monoisotopic (exact) mass is 406 g/mol. The largest absolute Gasteiger partial charge is 0.437 e. The summed E-state index contributed by atoms with van der Waals surface area (Å²) in [7, 11) is 1.63. The van der Waals surface area contributed by atoms with E-state index in [1.54, 1.807) is 25.6 Å². The normalized spacial score (nSPS) is 21.1. The maximum Gasteiger partial charge on any atom is 0.307 e. The molecule has 0 bridgehead atoms. The Balaban J connectivity index is 1.52. The number of nitrogens with zero attached hydrogens (tertiary/aromatic N) is 5. The van der Waals surface area contributed by atoms with Gasteiger partial charge in [0.2, 0.25) is 0 Å². The van der Waals surface area contributed by atoms with Crippen molar-refractivity contribution in [2.24, 2.45) is 5.92 Å². The first kappa shape index (κ1) is 19.7. The number of hydrogen-bond donors (Lipinski definition) is 1. The standard InChI is InChI=1S/C21H22N6O3/c1-12-13(2)17(21(29)27(3)18-16(12)23-8-9-24-18)26-19(28)20-25-11-15(30-20)10-14-6-4-5-7-22-14/h4-9,11-13,17H,10H2,1-3H3,(H,26,28)/t12-,13+,17+/m1/s1. The van der Waals surface area contributed by atoms with Crippen molar-refractivity contribution in [1.29, 1.82) is 0 Å². The molecule has 0 saturated heterocycles. The van der Waals surface area contributed by atoms with Gasteiger partial charge in [-0.15, -0.1) is 0 Å². The Bertz CT molecular complexity index is 1070. The number of hydrogen-bond acceptors (Lipinski definition) is 7. The number of carbonyl (C=O) groups excluding carboxylic acids is 2. The Hall–Kier alpha value is -3.62. The van der Waals surface area contributed by atoms with Gasteiger partial charge in [0.15, 0.2) is 5.82 Å². The number of carbonyl (C=O) groups is 2. The second kappa shape index (κ2) is 8.02. The molecule has 0 radical (unpaired) electrons. The molecule has 1 N–H and O–H groups in total. The number of anilines is 1. The molecule has 0 aromatic carbocycles. The number of aromatic nitrogens is 4. The van der Waals surface area contributed by atoms with Crippen LogP contribution in [-0.4, -0.2) is 44.8 Å². The number of nitrogens with one attached hydrogen (secondary N) is 1. The van der Waals surface area contributed by atoms with E-state index in [0.29, 0.717) is 18.0 Å². The van der Waals surface area contributed by atoms with Gasteiger partial charge in [0.1, 0.15) is 11.8 Å². The molecule has 9 heteroatoms. The lowest BCUT2D eigenvalue weighted by Crippen LogP contribution is -2.50. The maximum absolute atomic E-state index is 13.1. The van der Waals surface area contributed by atoms with Crippen molar-refractivity contribution in [2.75, 3.05) is 11.9 Å². The number of amides is 2. The third-order valence-electron chi connectivity index (χ3n) is 5.48. The highest BCUT2D eigenvalue weighted by atomic mass is 16.4. The van der Waals surface area contributed by atoms with Gasteiger partial charge < -0.3 is 9.73 Å². The van der Waals surface area contributed by atoms with Crippen molar-refractivity contribution in [3.8, 4) is 0 Å². The van der Waals surface area contributed by atoms with Crippen LogP contribution in [0.1, 0.15) is 47.6 Å². The van der Waals surface area contributed by atoms with E-state index < -0.39 is 11.9 Å². The first-order valence-corrected chi connectivity index (χ1v) is 9.69. The first-order chi connectivity index (χ1) is 14.5. The molecule has 3 atom stereocenters. The van der Waals surface area contributed by atoms with E-state index in [0.717, 1.165) is 11.4 Å². The Morgan fingerprint density at radius 1 is 1.13 bits per heavy atom. The quantitative estimate of drug-likeness (QED) is 0.704. The van der Waals surface area contributed by atoms with Crippen molar-refractivity contribution in [3.05, 3.63) is 66.0 Å². The minimum Gasteiger partial charge on any atom is -0.437 e. The molecule has 1 aliphatic rings. The summed E-state index contributed by atoms with van der Waals surface area (Å²) in [4.78, 5) is 44.3. The number of oxazole rings is 1. The number of pyridine rings is 1. The Labute approximate surface area is 173 Å². The van der Waals surface area contributed by atoms with Gasteiger partial charge in [-0.1, -0.05) is 19.9 Å². The average molecular weight is 406 g/mol. The Kier molecular flexibility index (Phi) is 5.26. The molecule has 9 nitrogen and oxygen atoms in total. The molecule has 3 aromatic rings. The molecular weight excluding hydrogens is 384 g/mol.